The Morgan fingerprint density at radius 2 is 2.00 bits per heavy atom. The molecule has 3 nitrogen and oxygen atoms in total. The quantitative estimate of drug-likeness (QED) is 0.571. The van der Waals surface area contributed by atoms with E-state index in [9.17, 15) is 4.79 Å². The lowest BCUT2D eigenvalue weighted by atomic mass is 10.0. The summed E-state index contributed by atoms with van der Waals surface area (Å²) < 4.78 is 5.91. The predicted molar refractivity (Wildman–Crippen MR) is 88.9 cm³/mol. The van der Waals surface area contributed by atoms with Crippen molar-refractivity contribution in [1.29, 1.82) is 0 Å². The monoisotopic (exact) mass is 315 g/mol. The van der Waals surface area contributed by atoms with Crippen LogP contribution in [-0.4, -0.2) is 6.08 Å². The van der Waals surface area contributed by atoms with Crippen LogP contribution in [0.4, 0.5) is 5.69 Å². The molecule has 114 valence electrons. The molecule has 0 saturated carbocycles. The minimum absolute atomic E-state index is 0.338. The first-order chi connectivity index (χ1) is 10.6. The zero-order chi connectivity index (χ0) is 16.1. The van der Waals surface area contributed by atoms with Gasteiger partial charge in [-0.2, -0.15) is 4.99 Å². The third kappa shape index (κ3) is 3.56. The minimum atomic E-state index is 0.338. The molecule has 0 radical (unpaired) electrons. The SMILES string of the molecule is CCc1cccc(N=C=O)c1COc1cc(Cl)c(C)cc1C. The van der Waals surface area contributed by atoms with E-state index >= 15 is 0 Å². The summed E-state index contributed by atoms with van der Waals surface area (Å²) in [6.07, 6.45) is 2.44. The summed E-state index contributed by atoms with van der Waals surface area (Å²) in [5.41, 5.74) is 4.66. The van der Waals surface area contributed by atoms with Crippen molar-refractivity contribution in [2.24, 2.45) is 4.99 Å². The molecule has 0 amide bonds. The molecule has 22 heavy (non-hydrogen) atoms. The Morgan fingerprint density at radius 3 is 2.68 bits per heavy atom. The second kappa shape index (κ2) is 7.26. The van der Waals surface area contributed by atoms with Crippen molar-refractivity contribution >= 4 is 23.4 Å². The van der Waals surface area contributed by atoms with Crippen LogP contribution < -0.4 is 4.74 Å². The van der Waals surface area contributed by atoms with E-state index in [1.54, 1.807) is 12.1 Å². The van der Waals surface area contributed by atoms with E-state index in [4.69, 9.17) is 16.3 Å². The van der Waals surface area contributed by atoms with Crippen molar-refractivity contribution in [3.8, 4) is 5.75 Å². The Balaban J connectivity index is 2.32. The molecule has 2 rings (SSSR count). The topological polar surface area (TPSA) is 38.7 Å². The van der Waals surface area contributed by atoms with Crippen molar-refractivity contribution in [3.63, 3.8) is 0 Å². The lowest BCUT2D eigenvalue weighted by Crippen LogP contribution is -2.01. The zero-order valence-electron chi connectivity index (χ0n) is 12.9. The largest absolute Gasteiger partial charge is 0.488 e. The first-order valence-corrected chi connectivity index (χ1v) is 7.52. The molecule has 4 heteroatoms. The number of rotatable bonds is 5. The number of hydrogen-bond donors (Lipinski definition) is 0. The van der Waals surface area contributed by atoms with E-state index < -0.39 is 0 Å². The first-order valence-electron chi connectivity index (χ1n) is 7.15. The van der Waals surface area contributed by atoms with Gasteiger partial charge in [0.2, 0.25) is 6.08 Å². The number of benzene rings is 2. The van der Waals surface area contributed by atoms with Crippen molar-refractivity contribution in [2.75, 3.05) is 0 Å². The van der Waals surface area contributed by atoms with Crippen molar-refractivity contribution in [3.05, 3.63) is 57.6 Å². The third-order valence-corrected chi connectivity index (χ3v) is 4.03. The van der Waals surface area contributed by atoms with Gasteiger partial charge in [-0.15, -0.1) is 0 Å². The van der Waals surface area contributed by atoms with Gasteiger partial charge in [0.1, 0.15) is 12.4 Å². The average Bonchev–Trinajstić information content (AvgIpc) is 2.50. The molecule has 0 aliphatic rings. The maximum absolute atomic E-state index is 10.6. The number of nitrogens with zero attached hydrogens (tertiary/aromatic N) is 1. The first kappa shape index (κ1) is 16.3. The molecular formula is C18H18ClNO2. The summed E-state index contributed by atoms with van der Waals surface area (Å²) in [7, 11) is 0. The van der Waals surface area contributed by atoms with E-state index in [0.717, 1.165) is 34.4 Å². The van der Waals surface area contributed by atoms with Crippen LogP contribution in [0.25, 0.3) is 0 Å². The smallest absolute Gasteiger partial charge is 0.240 e. The third-order valence-electron chi connectivity index (χ3n) is 3.62. The minimum Gasteiger partial charge on any atom is -0.488 e. The highest BCUT2D eigenvalue weighted by Gasteiger charge is 2.10. The van der Waals surface area contributed by atoms with Gasteiger partial charge in [0, 0.05) is 10.6 Å². The Morgan fingerprint density at radius 1 is 1.23 bits per heavy atom. The van der Waals surface area contributed by atoms with E-state index in [2.05, 4.69) is 11.9 Å². The number of carbonyl (C=O) groups excluding carboxylic acids is 1. The molecule has 0 heterocycles. The fourth-order valence-electron chi connectivity index (χ4n) is 2.39. The maximum atomic E-state index is 10.6. The molecule has 0 unspecified atom stereocenters. The summed E-state index contributed by atoms with van der Waals surface area (Å²) in [5.74, 6) is 0.738. The Hall–Kier alpha value is -2.09. The van der Waals surface area contributed by atoms with Crippen molar-refractivity contribution in [1.82, 2.24) is 0 Å². The van der Waals surface area contributed by atoms with Gasteiger partial charge in [-0.25, -0.2) is 4.79 Å². The van der Waals surface area contributed by atoms with Gasteiger partial charge < -0.3 is 4.74 Å². The lowest BCUT2D eigenvalue weighted by molar-refractivity contribution is 0.303. The molecule has 0 bridgehead atoms. The Bertz CT molecular complexity index is 734. The van der Waals surface area contributed by atoms with Crippen LogP contribution in [-0.2, 0) is 17.8 Å². The van der Waals surface area contributed by atoms with Crippen LogP contribution in [0, 0.1) is 13.8 Å². The summed E-state index contributed by atoms with van der Waals surface area (Å²) >= 11 is 6.16. The van der Waals surface area contributed by atoms with Crippen LogP contribution in [0.15, 0.2) is 35.3 Å². The fourth-order valence-corrected chi connectivity index (χ4v) is 2.54. The molecular weight excluding hydrogens is 298 g/mol. The van der Waals surface area contributed by atoms with Gasteiger partial charge in [-0.05, 0) is 49.1 Å². The molecule has 0 saturated heterocycles. The van der Waals surface area contributed by atoms with Crippen LogP contribution in [0.3, 0.4) is 0 Å². The number of aryl methyl sites for hydroxylation is 3. The highest BCUT2D eigenvalue weighted by molar-refractivity contribution is 6.31. The molecule has 0 aromatic heterocycles. The van der Waals surface area contributed by atoms with Crippen molar-refractivity contribution < 1.29 is 9.53 Å². The number of aliphatic imine (C=N–C) groups is 1. The number of hydrogen-bond acceptors (Lipinski definition) is 3. The Labute approximate surface area is 135 Å². The molecule has 2 aromatic carbocycles. The summed E-state index contributed by atoms with van der Waals surface area (Å²) in [6.45, 7) is 6.34. The predicted octanol–water partition coefficient (Wildman–Crippen LogP) is 5.07. The van der Waals surface area contributed by atoms with E-state index in [-0.39, 0.29) is 0 Å². The molecule has 0 spiro atoms. The van der Waals surface area contributed by atoms with Crippen molar-refractivity contribution in [2.45, 2.75) is 33.8 Å². The maximum Gasteiger partial charge on any atom is 0.240 e. The van der Waals surface area contributed by atoms with Crippen LogP contribution >= 0.6 is 11.6 Å². The molecule has 0 N–H and O–H groups in total. The summed E-state index contributed by atoms with van der Waals surface area (Å²) in [6, 6.07) is 9.50. The number of isocyanates is 1. The molecule has 0 aliphatic heterocycles. The van der Waals surface area contributed by atoms with Gasteiger partial charge >= 0.3 is 0 Å². The molecule has 2 aromatic rings. The van der Waals surface area contributed by atoms with Crippen LogP contribution in [0.5, 0.6) is 5.75 Å². The van der Waals surface area contributed by atoms with Crippen LogP contribution in [0.1, 0.15) is 29.2 Å². The van der Waals surface area contributed by atoms with E-state index in [1.165, 1.54) is 0 Å². The van der Waals surface area contributed by atoms with Gasteiger partial charge in [0.05, 0.1) is 5.69 Å². The number of halogens is 1. The van der Waals surface area contributed by atoms with Gasteiger partial charge in [0.25, 0.3) is 0 Å². The molecule has 0 fully saturated rings. The second-order valence-electron chi connectivity index (χ2n) is 5.13. The molecule has 0 atom stereocenters. The second-order valence-corrected chi connectivity index (χ2v) is 5.53. The highest BCUT2D eigenvalue weighted by atomic mass is 35.5. The normalized spacial score (nSPS) is 10.2. The summed E-state index contributed by atoms with van der Waals surface area (Å²) in [5, 5.41) is 0.676. The van der Waals surface area contributed by atoms with Gasteiger partial charge in [-0.3, -0.25) is 0 Å². The zero-order valence-corrected chi connectivity index (χ0v) is 13.7. The summed E-state index contributed by atoms with van der Waals surface area (Å²) in [4.78, 5) is 14.4. The number of ether oxygens (including phenoxy) is 1. The standard InChI is InChI=1S/C18H18ClNO2/c1-4-14-6-5-7-17(20-11-21)15(14)10-22-18-9-16(19)12(2)8-13(18)3/h5-9H,4,10H2,1-3H3. The average molecular weight is 316 g/mol. The van der Waals surface area contributed by atoms with Gasteiger partial charge in [-0.1, -0.05) is 36.7 Å². The lowest BCUT2D eigenvalue weighted by Gasteiger charge is -2.14. The Kier molecular flexibility index (Phi) is 5.37. The highest BCUT2D eigenvalue weighted by Crippen LogP contribution is 2.29. The van der Waals surface area contributed by atoms with Gasteiger partial charge in [0.15, 0.2) is 0 Å². The van der Waals surface area contributed by atoms with Crippen LogP contribution in [0.2, 0.25) is 5.02 Å². The van der Waals surface area contributed by atoms with E-state index in [0.29, 0.717) is 17.3 Å². The molecule has 0 aliphatic carbocycles. The fraction of sp³-hybridized carbons (Fsp3) is 0.278. The van der Waals surface area contributed by atoms with E-state index in [1.807, 2.05) is 38.1 Å².